The Morgan fingerprint density at radius 3 is 3.12 bits per heavy atom. The molecule has 3 N–H and O–H groups in total. The van der Waals surface area contributed by atoms with E-state index in [2.05, 4.69) is 5.32 Å². The minimum Gasteiger partial charge on any atom is -0.385 e. The number of carbonyl (C=O) groups is 1. The summed E-state index contributed by atoms with van der Waals surface area (Å²) in [7, 11) is 1.66. The lowest BCUT2D eigenvalue weighted by Crippen LogP contribution is -2.42. The second-order valence-corrected chi connectivity index (χ2v) is 5.53. The molecule has 0 aromatic carbocycles. The third kappa shape index (κ3) is 5.18. The van der Waals surface area contributed by atoms with Gasteiger partial charge in [-0.2, -0.15) is 11.8 Å². The zero-order valence-electron chi connectivity index (χ0n) is 9.91. The van der Waals surface area contributed by atoms with Crippen molar-refractivity contribution < 1.29 is 9.53 Å². The summed E-state index contributed by atoms with van der Waals surface area (Å²) < 4.78 is 4.92. The molecular weight excluding hydrogens is 224 g/mol. The van der Waals surface area contributed by atoms with E-state index >= 15 is 0 Å². The van der Waals surface area contributed by atoms with E-state index in [1.54, 1.807) is 7.11 Å². The van der Waals surface area contributed by atoms with Crippen molar-refractivity contribution in [1.29, 1.82) is 0 Å². The minimum atomic E-state index is -0.387. The predicted octanol–water partition coefficient (Wildman–Crippen LogP) is 0.752. The summed E-state index contributed by atoms with van der Waals surface area (Å²) >= 11 is 1.94. The second-order valence-electron chi connectivity index (χ2n) is 4.12. The average molecular weight is 246 g/mol. The number of rotatable bonds is 7. The fourth-order valence-corrected chi connectivity index (χ4v) is 2.93. The van der Waals surface area contributed by atoms with Gasteiger partial charge in [0, 0.05) is 25.5 Å². The van der Waals surface area contributed by atoms with Gasteiger partial charge < -0.3 is 15.8 Å². The third-order valence-electron chi connectivity index (χ3n) is 2.73. The standard InChI is InChI=1S/C11H22N2O2S/c1-15-6-2-5-10(12)11(14)13-8-9-4-3-7-16-9/h9-10H,2-8,12H2,1H3,(H,13,14). The van der Waals surface area contributed by atoms with E-state index in [1.165, 1.54) is 18.6 Å². The molecule has 4 nitrogen and oxygen atoms in total. The summed E-state index contributed by atoms with van der Waals surface area (Å²) in [4.78, 5) is 11.6. The van der Waals surface area contributed by atoms with Crippen LogP contribution in [0.25, 0.3) is 0 Å². The smallest absolute Gasteiger partial charge is 0.236 e. The fourth-order valence-electron chi connectivity index (χ4n) is 1.73. The van der Waals surface area contributed by atoms with Gasteiger partial charge >= 0.3 is 0 Å². The maximum Gasteiger partial charge on any atom is 0.236 e. The molecule has 1 heterocycles. The molecule has 16 heavy (non-hydrogen) atoms. The van der Waals surface area contributed by atoms with Crippen LogP contribution in [0.5, 0.6) is 0 Å². The summed E-state index contributed by atoms with van der Waals surface area (Å²) in [6, 6.07) is -0.387. The molecule has 1 aliphatic heterocycles. The molecule has 1 saturated heterocycles. The highest BCUT2D eigenvalue weighted by Crippen LogP contribution is 2.25. The molecule has 0 aliphatic carbocycles. The number of thioether (sulfide) groups is 1. The lowest BCUT2D eigenvalue weighted by molar-refractivity contribution is -0.122. The van der Waals surface area contributed by atoms with Crippen LogP contribution in [0, 0.1) is 0 Å². The van der Waals surface area contributed by atoms with Crippen molar-refractivity contribution in [1.82, 2.24) is 5.32 Å². The summed E-state index contributed by atoms with van der Waals surface area (Å²) in [6.07, 6.45) is 4.01. The van der Waals surface area contributed by atoms with Crippen LogP contribution in [0.1, 0.15) is 25.7 Å². The summed E-state index contributed by atoms with van der Waals surface area (Å²) in [5.41, 5.74) is 5.77. The quantitative estimate of drug-likeness (QED) is 0.651. The molecule has 0 radical (unpaired) electrons. The van der Waals surface area contributed by atoms with Crippen LogP contribution in [0.4, 0.5) is 0 Å². The molecule has 5 heteroatoms. The molecule has 0 bridgehead atoms. The van der Waals surface area contributed by atoms with Gasteiger partial charge in [-0.05, 0) is 31.4 Å². The molecule has 0 saturated carbocycles. The van der Waals surface area contributed by atoms with Crippen molar-refractivity contribution >= 4 is 17.7 Å². The molecular formula is C11H22N2O2S. The first-order valence-corrected chi connectivity index (χ1v) is 6.92. The molecule has 1 amide bonds. The van der Waals surface area contributed by atoms with Gasteiger partial charge in [0.25, 0.3) is 0 Å². The monoisotopic (exact) mass is 246 g/mol. The Hall–Kier alpha value is -0.260. The Balaban J connectivity index is 2.08. The van der Waals surface area contributed by atoms with Crippen molar-refractivity contribution in [2.45, 2.75) is 37.0 Å². The van der Waals surface area contributed by atoms with Crippen LogP contribution in [-0.4, -0.2) is 43.2 Å². The number of hydrogen-bond donors (Lipinski definition) is 2. The molecule has 1 fully saturated rings. The Labute approximate surface area is 102 Å². The highest BCUT2D eigenvalue weighted by atomic mass is 32.2. The van der Waals surface area contributed by atoms with Gasteiger partial charge in [-0.1, -0.05) is 0 Å². The first-order chi connectivity index (χ1) is 7.74. The molecule has 1 rings (SSSR count). The zero-order valence-corrected chi connectivity index (χ0v) is 10.7. The second kappa shape index (κ2) is 7.92. The molecule has 0 spiro atoms. The Kier molecular flexibility index (Phi) is 6.84. The van der Waals surface area contributed by atoms with Gasteiger partial charge in [0.05, 0.1) is 6.04 Å². The molecule has 94 valence electrons. The first-order valence-electron chi connectivity index (χ1n) is 5.88. The van der Waals surface area contributed by atoms with Gasteiger partial charge in [-0.25, -0.2) is 0 Å². The number of hydrogen-bond acceptors (Lipinski definition) is 4. The fraction of sp³-hybridized carbons (Fsp3) is 0.909. The maximum atomic E-state index is 11.6. The third-order valence-corrected chi connectivity index (χ3v) is 4.13. The van der Waals surface area contributed by atoms with E-state index in [0.717, 1.165) is 13.0 Å². The van der Waals surface area contributed by atoms with E-state index < -0.39 is 0 Å². The molecule has 1 aliphatic rings. The summed E-state index contributed by atoms with van der Waals surface area (Å²) in [6.45, 7) is 1.43. The molecule has 2 unspecified atom stereocenters. The van der Waals surface area contributed by atoms with Crippen LogP contribution in [0.15, 0.2) is 0 Å². The molecule has 2 atom stereocenters. The number of ether oxygens (including phenoxy) is 1. The van der Waals surface area contributed by atoms with Crippen molar-refractivity contribution in [2.75, 3.05) is 26.0 Å². The number of amides is 1. The Bertz CT molecular complexity index is 208. The first kappa shape index (κ1) is 13.8. The van der Waals surface area contributed by atoms with Crippen LogP contribution < -0.4 is 11.1 Å². The lowest BCUT2D eigenvalue weighted by Gasteiger charge is -2.14. The molecule has 0 aromatic rings. The van der Waals surface area contributed by atoms with E-state index in [4.69, 9.17) is 10.5 Å². The van der Waals surface area contributed by atoms with Crippen molar-refractivity contribution in [2.24, 2.45) is 5.73 Å². The Morgan fingerprint density at radius 1 is 1.69 bits per heavy atom. The normalized spacial score (nSPS) is 22.0. The zero-order chi connectivity index (χ0) is 11.8. The average Bonchev–Trinajstić information content (AvgIpc) is 2.79. The van der Waals surface area contributed by atoms with Gasteiger partial charge in [0.1, 0.15) is 0 Å². The summed E-state index contributed by atoms with van der Waals surface area (Å²) in [5, 5.41) is 3.52. The van der Waals surface area contributed by atoms with Crippen molar-refractivity contribution in [3.8, 4) is 0 Å². The van der Waals surface area contributed by atoms with Crippen LogP contribution in [0.2, 0.25) is 0 Å². The minimum absolute atomic E-state index is 0.0244. The van der Waals surface area contributed by atoms with Gasteiger partial charge in [-0.3, -0.25) is 4.79 Å². The van der Waals surface area contributed by atoms with Crippen molar-refractivity contribution in [3.05, 3.63) is 0 Å². The number of carbonyl (C=O) groups excluding carboxylic acids is 1. The predicted molar refractivity (Wildman–Crippen MR) is 67.6 cm³/mol. The Morgan fingerprint density at radius 2 is 2.50 bits per heavy atom. The molecule has 0 aromatic heterocycles. The van der Waals surface area contributed by atoms with Crippen molar-refractivity contribution in [3.63, 3.8) is 0 Å². The van der Waals surface area contributed by atoms with Gasteiger partial charge in [-0.15, -0.1) is 0 Å². The maximum absolute atomic E-state index is 11.6. The number of methoxy groups -OCH3 is 1. The van der Waals surface area contributed by atoms with Gasteiger partial charge in [0.15, 0.2) is 0 Å². The highest BCUT2D eigenvalue weighted by Gasteiger charge is 2.18. The topological polar surface area (TPSA) is 64.3 Å². The highest BCUT2D eigenvalue weighted by molar-refractivity contribution is 8.00. The lowest BCUT2D eigenvalue weighted by atomic mass is 10.1. The van der Waals surface area contributed by atoms with E-state index in [1.807, 2.05) is 11.8 Å². The largest absolute Gasteiger partial charge is 0.385 e. The van der Waals surface area contributed by atoms with E-state index in [0.29, 0.717) is 18.3 Å². The van der Waals surface area contributed by atoms with E-state index in [-0.39, 0.29) is 11.9 Å². The van der Waals surface area contributed by atoms with Crippen LogP contribution in [0.3, 0.4) is 0 Å². The summed E-state index contributed by atoms with van der Waals surface area (Å²) in [5.74, 6) is 1.20. The SMILES string of the molecule is COCCCC(N)C(=O)NCC1CCCS1. The van der Waals surface area contributed by atoms with Crippen LogP contribution >= 0.6 is 11.8 Å². The van der Waals surface area contributed by atoms with Gasteiger partial charge in [0.2, 0.25) is 5.91 Å². The number of nitrogens with one attached hydrogen (secondary N) is 1. The number of nitrogens with two attached hydrogens (primary N) is 1. The van der Waals surface area contributed by atoms with E-state index in [9.17, 15) is 4.79 Å². The van der Waals surface area contributed by atoms with Crippen LogP contribution in [-0.2, 0) is 9.53 Å².